The van der Waals surface area contributed by atoms with Crippen molar-refractivity contribution < 1.29 is 0 Å². The summed E-state index contributed by atoms with van der Waals surface area (Å²) in [5.74, 6) is 0. The van der Waals surface area contributed by atoms with Crippen molar-refractivity contribution in [2.75, 3.05) is 0 Å². The van der Waals surface area contributed by atoms with Gasteiger partial charge in [-0.15, -0.1) is 11.3 Å². The molecule has 0 radical (unpaired) electrons. The van der Waals surface area contributed by atoms with E-state index >= 15 is 0 Å². The second kappa shape index (κ2) is 10.2. The van der Waals surface area contributed by atoms with Gasteiger partial charge < -0.3 is 9.13 Å². The summed E-state index contributed by atoms with van der Waals surface area (Å²) in [6.45, 7) is 0. The Morgan fingerprint density at radius 2 is 1.04 bits per heavy atom. The molecular formula is C46H28N2S. The third kappa shape index (κ3) is 3.82. The van der Waals surface area contributed by atoms with Gasteiger partial charge in [-0.3, -0.25) is 0 Å². The van der Waals surface area contributed by atoms with E-state index in [0.717, 1.165) is 0 Å². The first-order chi connectivity index (χ1) is 24.3. The fourth-order valence-electron chi connectivity index (χ4n) is 8.14. The molecule has 0 fully saturated rings. The second-order valence-corrected chi connectivity index (χ2v) is 14.0. The van der Waals surface area contributed by atoms with Crippen molar-refractivity contribution in [1.82, 2.24) is 9.13 Å². The number of aromatic nitrogens is 2. The van der Waals surface area contributed by atoms with E-state index in [2.05, 4.69) is 179 Å². The van der Waals surface area contributed by atoms with Gasteiger partial charge in [-0.2, -0.15) is 0 Å². The molecule has 3 heteroatoms. The van der Waals surface area contributed by atoms with E-state index in [1.165, 1.54) is 97.1 Å². The Kier molecular flexibility index (Phi) is 5.57. The van der Waals surface area contributed by atoms with Crippen molar-refractivity contribution in [3.63, 3.8) is 0 Å². The van der Waals surface area contributed by atoms with Gasteiger partial charge in [-0.05, 0) is 82.6 Å². The SMILES string of the molecule is c1ccc(-n2c3ccccc3c3cc(-c4cc5c6ccccc6n(-c6ccc7ccccc7c6)c5c5sc6ccccc6c45)ccc32)cc1. The lowest BCUT2D eigenvalue weighted by atomic mass is 9.95. The van der Waals surface area contributed by atoms with E-state index in [1.54, 1.807) is 0 Å². The van der Waals surface area contributed by atoms with Crippen LogP contribution in [-0.2, 0) is 0 Å². The van der Waals surface area contributed by atoms with E-state index in [1.807, 2.05) is 11.3 Å². The van der Waals surface area contributed by atoms with Crippen LogP contribution in [0.5, 0.6) is 0 Å². The van der Waals surface area contributed by atoms with Crippen LogP contribution in [0.4, 0.5) is 0 Å². The van der Waals surface area contributed by atoms with Crippen LogP contribution in [0, 0.1) is 0 Å². The number of rotatable bonds is 3. The van der Waals surface area contributed by atoms with Gasteiger partial charge in [0.25, 0.3) is 0 Å². The number of hydrogen-bond donors (Lipinski definition) is 0. The molecule has 0 aliphatic carbocycles. The molecular weight excluding hydrogens is 613 g/mol. The van der Waals surface area contributed by atoms with E-state index in [4.69, 9.17) is 0 Å². The summed E-state index contributed by atoms with van der Waals surface area (Å²) in [6, 6.07) is 62.4. The molecule has 0 bridgehead atoms. The molecule has 0 saturated heterocycles. The molecule has 0 unspecified atom stereocenters. The zero-order chi connectivity index (χ0) is 32.1. The van der Waals surface area contributed by atoms with Crippen molar-refractivity contribution >= 4 is 85.9 Å². The maximum atomic E-state index is 2.50. The standard InChI is InChI=1S/C46H28N2S/c1-2-14-32(15-3-1)47-40-19-9-6-16-34(40)38-27-31(23-25-42(38)47)37-28-39-35-17-7-10-20-41(35)48(33-24-22-29-12-4-5-13-30(29)26-33)45(39)46-44(37)36-18-8-11-21-43(36)49-46/h1-28H. The molecule has 11 aromatic rings. The quantitative estimate of drug-likeness (QED) is 0.182. The average molecular weight is 641 g/mol. The summed E-state index contributed by atoms with van der Waals surface area (Å²) >= 11 is 1.91. The Bertz CT molecular complexity index is 3100. The maximum Gasteiger partial charge on any atom is 0.0720 e. The molecule has 0 amide bonds. The second-order valence-electron chi connectivity index (χ2n) is 12.9. The molecule has 0 atom stereocenters. The normalized spacial score (nSPS) is 12.1. The molecule has 3 aromatic heterocycles. The highest BCUT2D eigenvalue weighted by molar-refractivity contribution is 7.26. The lowest BCUT2D eigenvalue weighted by Gasteiger charge is -2.12. The van der Waals surface area contributed by atoms with E-state index in [0.29, 0.717) is 0 Å². The highest BCUT2D eigenvalue weighted by Crippen LogP contribution is 2.48. The van der Waals surface area contributed by atoms with Crippen molar-refractivity contribution in [2.24, 2.45) is 0 Å². The number of thiophene rings is 1. The van der Waals surface area contributed by atoms with Crippen LogP contribution < -0.4 is 0 Å². The first-order valence-electron chi connectivity index (χ1n) is 16.8. The van der Waals surface area contributed by atoms with Crippen molar-refractivity contribution in [2.45, 2.75) is 0 Å². The molecule has 2 nitrogen and oxygen atoms in total. The van der Waals surface area contributed by atoms with Crippen LogP contribution in [0.1, 0.15) is 0 Å². The molecule has 228 valence electrons. The third-order valence-corrected chi connectivity index (χ3v) is 11.4. The first-order valence-corrected chi connectivity index (χ1v) is 17.6. The predicted molar refractivity (Wildman–Crippen MR) is 211 cm³/mol. The Balaban J connectivity index is 1.27. The Labute approximate surface area is 286 Å². The van der Waals surface area contributed by atoms with Crippen LogP contribution in [0.2, 0.25) is 0 Å². The molecule has 3 heterocycles. The Hall–Kier alpha value is -6.16. The fraction of sp³-hybridized carbons (Fsp3) is 0. The highest BCUT2D eigenvalue weighted by atomic mass is 32.1. The van der Waals surface area contributed by atoms with Crippen LogP contribution in [0.3, 0.4) is 0 Å². The van der Waals surface area contributed by atoms with Gasteiger partial charge in [0.1, 0.15) is 0 Å². The fourth-order valence-corrected chi connectivity index (χ4v) is 9.40. The summed E-state index contributed by atoms with van der Waals surface area (Å²) < 4.78 is 7.52. The number of benzene rings is 8. The minimum atomic E-state index is 1.18. The molecule has 0 aliphatic rings. The van der Waals surface area contributed by atoms with Gasteiger partial charge in [0, 0.05) is 48.4 Å². The number of hydrogen-bond acceptors (Lipinski definition) is 1. The summed E-state index contributed by atoms with van der Waals surface area (Å²) in [5, 5.41) is 10.2. The van der Waals surface area contributed by atoms with Crippen molar-refractivity contribution in [3.05, 3.63) is 170 Å². The van der Waals surface area contributed by atoms with E-state index in [-0.39, 0.29) is 0 Å². The van der Waals surface area contributed by atoms with Gasteiger partial charge >= 0.3 is 0 Å². The zero-order valence-corrected chi connectivity index (χ0v) is 27.3. The molecule has 0 spiro atoms. The third-order valence-electron chi connectivity index (χ3n) is 10.3. The summed E-state index contributed by atoms with van der Waals surface area (Å²) in [4.78, 5) is 0. The van der Waals surface area contributed by atoms with E-state index < -0.39 is 0 Å². The van der Waals surface area contributed by atoms with E-state index in [9.17, 15) is 0 Å². The van der Waals surface area contributed by atoms with Crippen molar-refractivity contribution in [1.29, 1.82) is 0 Å². The lowest BCUT2D eigenvalue weighted by Crippen LogP contribution is -1.94. The van der Waals surface area contributed by atoms with Crippen LogP contribution in [-0.4, -0.2) is 9.13 Å². The number of fused-ring (bicyclic) bond motifs is 11. The van der Waals surface area contributed by atoms with Gasteiger partial charge in [-0.25, -0.2) is 0 Å². The summed E-state index contributed by atoms with van der Waals surface area (Å²) in [7, 11) is 0. The molecule has 11 rings (SSSR count). The van der Waals surface area contributed by atoms with Gasteiger partial charge in [0.15, 0.2) is 0 Å². The first kappa shape index (κ1) is 26.9. The largest absolute Gasteiger partial charge is 0.309 e. The minimum absolute atomic E-state index is 1.18. The topological polar surface area (TPSA) is 9.86 Å². The predicted octanol–water partition coefficient (Wildman–Crippen LogP) is 13.1. The average Bonchev–Trinajstić information content (AvgIpc) is 3.82. The highest BCUT2D eigenvalue weighted by Gasteiger charge is 2.22. The van der Waals surface area contributed by atoms with Crippen LogP contribution >= 0.6 is 11.3 Å². The monoisotopic (exact) mass is 640 g/mol. The van der Waals surface area contributed by atoms with Crippen molar-refractivity contribution in [3.8, 4) is 22.5 Å². The smallest absolute Gasteiger partial charge is 0.0720 e. The van der Waals surface area contributed by atoms with Crippen LogP contribution in [0.25, 0.3) is 97.1 Å². The van der Waals surface area contributed by atoms with Gasteiger partial charge in [-0.1, -0.05) is 109 Å². The molecule has 0 N–H and O–H groups in total. The Morgan fingerprint density at radius 1 is 0.388 bits per heavy atom. The minimum Gasteiger partial charge on any atom is -0.309 e. The van der Waals surface area contributed by atoms with Crippen LogP contribution in [0.15, 0.2) is 170 Å². The molecule has 0 saturated carbocycles. The summed E-state index contributed by atoms with van der Waals surface area (Å²) in [5.41, 5.74) is 9.82. The van der Waals surface area contributed by atoms with Gasteiger partial charge in [0.05, 0.1) is 26.8 Å². The number of nitrogens with zero attached hydrogens (tertiary/aromatic N) is 2. The molecule has 8 aromatic carbocycles. The zero-order valence-electron chi connectivity index (χ0n) is 26.5. The molecule has 49 heavy (non-hydrogen) atoms. The summed E-state index contributed by atoms with van der Waals surface area (Å²) in [6.07, 6.45) is 0. The molecule has 0 aliphatic heterocycles. The van der Waals surface area contributed by atoms with Gasteiger partial charge in [0.2, 0.25) is 0 Å². The number of para-hydroxylation sites is 3. The Morgan fingerprint density at radius 3 is 1.88 bits per heavy atom. The lowest BCUT2D eigenvalue weighted by molar-refractivity contribution is 1.18. The maximum absolute atomic E-state index is 2.50.